The number of hydrogen-bond donors (Lipinski definition) is 1. The maximum Gasteiger partial charge on any atom is 0.122 e. The number of hydrogen-bond acceptors (Lipinski definition) is 3. The number of aliphatic hydroxyl groups is 1. The minimum Gasteiger partial charge on any atom is -0.493 e. The van der Waals surface area contributed by atoms with Crippen molar-refractivity contribution in [3.05, 3.63) is 29.3 Å². The van der Waals surface area contributed by atoms with Crippen LogP contribution in [0.3, 0.4) is 0 Å². The maximum absolute atomic E-state index is 9.65. The summed E-state index contributed by atoms with van der Waals surface area (Å²) in [6.45, 7) is 5.38. The Bertz CT molecular complexity index is 420. The quantitative estimate of drug-likeness (QED) is 0.852. The normalized spacial score (nSPS) is 21.8. The van der Waals surface area contributed by atoms with Gasteiger partial charge in [0.15, 0.2) is 0 Å². The van der Waals surface area contributed by atoms with E-state index in [0.717, 1.165) is 44.8 Å². The lowest BCUT2D eigenvalue weighted by molar-refractivity contribution is -0.0824. The van der Waals surface area contributed by atoms with E-state index in [1.165, 1.54) is 11.1 Å². The van der Waals surface area contributed by atoms with Crippen molar-refractivity contribution in [2.45, 2.75) is 25.4 Å². The average Bonchev–Trinajstić information content (AvgIpc) is 2.70. The highest BCUT2D eigenvalue weighted by Gasteiger charge is 2.35. The van der Waals surface area contributed by atoms with E-state index < -0.39 is 5.60 Å². The molecule has 1 N–H and O–H groups in total. The van der Waals surface area contributed by atoms with Gasteiger partial charge in [0.25, 0.3) is 0 Å². The van der Waals surface area contributed by atoms with Gasteiger partial charge in [-0.1, -0.05) is 12.1 Å². The summed E-state index contributed by atoms with van der Waals surface area (Å²) in [6.07, 6.45) is 2.10. The fourth-order valence-corrected chi connectivity index (χ4v) is 2.76. The number of likely N-dealkylation sites (tertiary alicyclic amines) is 1. The molecule has 2 heterocycles. The first-order chi connectivity index (χ1) is 8.12. The molecule has 3 heteroatoms. The number of β-amino-alcohol motifs (C(OH)–C–C–N with tert-alkyl or cyclic N) is 1. The molecule has 1 aromatic rings. The smallest absolute Gasteiger partial charge is 0.122 e. The Morgan fingerprint density at radius 1 is 1.41 bits per heavy atom. The highest BCUT2D eigenvalue weighted by molar-refractivity contribution is 5.39. The van der Waals surface area contributed by atoms with Crippen molar-refractivity contribution in [2.75, 3.05) is 26.2 Å². The maximum atomic E-state index is 9.65. The van der Waals surface area contributed by atoms with Gasteiger partial charge in [-0.3, -0.25) is 4.90 Å². The Balaban J connectivity index is 1.56. The van der Waals surface area contributed by atoms with Crippen molar-refractivity contribution in [1.82, 2.24) is 4.90 Å². The van der Waals surface area contributed by atoms with Crippen LogP contribution in [-0.2, 0) is 12.8 Å². The van der Waals surface area contributed by atoms with Gasteiger partial charge in [0.1, 0.15) is 5.75 Å². The summed E-state index contributed by atoms with van der Waals surface area (Å²) in [5.74, 6) is 1.06. The first-order valence-corrected chi connectivity index (χ1v) is 6.32. The molecular weight excluding hydrogens is 214 g/mol. The first-order valence-electron chi connectivity index (χ1n) is 6.32. The number of benzene rings is 1. The van der Waals surface area contributed by atoms with Gasteiger partial charge in [-0.25, -0.2) is 0 Å². The molecule has 3 rings (SSSR count). The second kappa shape index (κ2) is 4.00. The van der Waals surface area contributed by atoms with Crippen LogP contribution in [0.5, 0.6) is 5.75 Å². The molecule has 0 aliphatic carbocycles. The third kappa shape index (κ3) is 2.31. The molecule has 17 heavy (non-hydrogen) atoms. The van der Waals surface area contributed by atoms with E-state index in [-0.39, 0.29) is 0 Å². The van der Waals surface area contributed by atoms with E-state index >= 15 is 0 Å². The fraction of sp³-hybridized carbons (Fsp3) is 0.571. The third-order valence-electron chi connectivity index (χ3n) is 3.60. The lowest BCUT2D eigenvalue weighted by Crippen LogP contribution is -2.60. The molecule has 0 atom stereocenters. The Labute approximate surface area is 102 Å². The molecule has 0 bridgehead atoms. The molecule has 0 radical (unpaired) electrons. The van der Waals surface area contributed by atoms with E-state index in [4.69, 9.17) is 4.74 Å². The predicted octanol–water partition coefficient (Wildman–Crippen LogP) is 1.23. The van der Waals surface area contributed by atoms with Gasteiger partial charge in [-0.05, 0) is 30.5 Å². The molecule has 2 aliphatic rings. The minimum atomic E-state index is -0.453. The molecule has 0 amide bonds. The molecule has 0 unspecified atom stereocenters. The topological polar surface area (TPSA) is 32.7 Å². The second-order valence-electron chi connectivity index (χ2n) is 5.50. The fourth-order valence-electron chi connectivity index (χ4n) is 2.76. The SMILES string of the molecule is CC1(O)CN(CCc2ccc3c(c2)CCO3)C1. The lowest BCUT2D eigenvalue weighted by Gasteiger charge is -2.44. The lowest BCUT2D eigenvalue weighted by atomic mass is 9.96. The van der Waals surface area contributed by atoms with Crippen molar-refractivity contribution >= 4 is 0 Å². The van der Waals surface area contributed by atoms with E-state index in [1.54, 1.807) is 0 Å². The largest absolute Gasteiger partial charge is 0.493 e. The van der Waals surface area contributed by atoms with Crippen LogP contribution in [0.2, 0.25) is 0 Å². The summed E-state index contributed by atoms with van der Waals surface area (Å²) >= 11 is 0. The van der Waals surface area contributed by atoms with Gasteiger partial charge in [-0.2, -0.15) is 0 Å². The van der Waals surface area contributed by atoms with E-state index in [2.05, 4.69) is 23.1 Å². The zero-order valence-corrected chi connectivity index (χ0v) is 10.3. The molecule has 3 nitrogen and oxygen atoms in total. The van der Waals surface area contributed by atoms with Crippen LogP contribution < -0.4 is 4.74 Å². The van der Waals surface area contributed by atoms with Crippen molar-refractivity contribution in [1.29, 1.82) is 0 Å². The summed E-state index contributed by atoms with van der Waals surface area (Å²) < 4.78 is 5.50. The van der Waals surface area contributed by atoms with Crippen molar-refractivity contribution in [3.63, 3.8) is 0 Å². The van der Waals surface area contributed by atoms with E-state index in [9.17, 15) is 5.11 Å². The summed E-state index contributed by atoms with van der Waals surface area (Å²) in [5, 5.41) is 9.65. The van der Waals surface area contributed by atoms with Gasteiger partial charge in [0, 0.05) is 26.1 Å². The molecular formula is C14H19NO2. The molecule has 92 valence electrons. The van der Waals surface area contributed by atoms with Crippen LogP contribution in [0, 0.1) is 0 Å². The first kappa shape index (κ1) is 11.1. The Hall–Kier alpha value is -1.06. The molecule has 1 saturated heterocycles. The third-order valence-corrected chi connectivity index (χ3v) is 3.60. The van der Waals surface area contributed by atoms with Gasteiger partial charge >= 0.3 is 0 Å². The Kier molecular flexibility index (Phi) is 2.60. The van der Waals surface area contributed by atoms with Crippen LogP contribution in [0.25, 0.3) is 0 Å². The van der Waals surface area contributed by atoms with Crippen LogP contribution in [0.4, 0.5) is 0 Å². The van der Waals surface area contributed by atoms with E-state index in [0.29, 0.717) is 0 Å². The van der Waals surface area contributed by atoms with Gasteiger partial charge in [0.2, 0.25) is 0 Å². The molecule has 2 aliphatic heterocycles. The molecule has 0 spiro atoms. The Morgan fingerprint density at radius 2 is 2.24 bits per heavy atom. The van der Waals surface area contributed by atoms with E-state index in [1.807, 2.05) is 6.92 Å². The zero-order valence-electron chi connectivity index (χ0n) is 10.3. The molecule has 0 aromatic heterocycles. The van der Waals surface area contributed by atoms with Crippen molar-refractivity contribution in [2.24, 2.45) is 0 Å². The number of nitrogens with zero attached hydrogens (tertiary/aromatic N) is 1. The number of ether oxygens (including phenoxy) is 1. The summed E-state index contributed by atoms with van der Waals surface area (Å²) in [7, 11) is 0. The highest BCUT2D eigenvalue weighted by Crippen LogP contribution is 2.26. The van der Waals surface area contributed by atoms with Gasteiger partial charge in [-0.15, -0.1) is 0 Å². The molecule has 1 aromatic carbocycles. The predicted molar refractivity (Wildman–Crippen MR) is 66.4 cm³/mol. The van der Waals surface area contributed by atoms with Gasteiger partial charge < -0.3 is 9.84 Å². The second-order valence-corrected chi connectivity index (χ2v) is 5.50. The monoisotopic (exact) mass is 233 g/mol. The summed E-state index contributed by atoms with van der Waals surface area (Å²) in [5.41, 5.74) is 2.27. The average molecular weight is 233 g/mol. The van der Waals surface area contributed by atoms with Crippen LogP contribution in [0.1, 0.15) is 18.1 Å². The Morgan fingerprint density at radius 3 is 3.00 bits per heavy atom. The van der Waals surface area contributed by atoms with Crippen LogP contribution in [0.15, 0.2) is 18.2 Å². The van der Waals surface area contributed by atoms with Crippen LogP contribution >= 0.6 is 0 Å². The molecule has 1 fully saturated rings. The minimum absolute atomic E-state index is 0.453. The van der Waals surface area contributed by atoms with Crippen molar-refractivity contribution < 1.29 is 9.84 Å². The van der Waals surface area contributed by atoms with Gasteiger partial charge in [0.05, 0.1) is 12.2 Å². The zero-order chi connectivity index (χ0) is 11.9. The number of rotatable bonds is 3. The van der Waals surface area contributed by atoms with Crippen LogP contribution in [-0.4, -0.2) is 41.8 Å². The number of fused-ring (bicyclic) bond motifs is 1. The summed E-state index contributed by atoms with van der Waals surface area (Å²) in [4.78, 5) is 2.30. The van der Waals surface area contributed by atoms with Crippen molar-refractivity contribution in [3.8, 4) is 5.75 Å². The molecule has 0 saturated carbocycles. The highest BCUT2D eigenvalue weighted by atomic mass is 16.5. The summed E-state index contributed by atoms with van der Waals surface area (Å²) in [6, 6.07) is 6.51. The standard InChI is InChI=1S/C14H19NO2/c1-14(16)9-15(10-14)6-4-11-2-3-13-12(8-11)5-7-17-13/h2-3,8,16H,4-7,9-10H2,1H3.